The molecule has 0 aliphatic carbocycles. The molecule has 7 nitrogen and oxygen atoms in total. The van der Waals surface area contributed by atoms with E-state index in [0.29, 0.717) is 0 Å². The lowest BCUT2D eigenvalue weighted by Crippen LogP contribution is -2.46. The third kappa shape index (κ3) is 5.88. The molecule has 76 valence electrons. The van der Waals surface area contributed by atoms with Gasteiger partial charge in [0.2, 0.25) is 0 Å². The monoisotopic (exact) mass is 191 g/mol. The predicted molar refractivity (Wildman–Crippen MR) is 44.1 cm³/mol. The van der Waals surface area contributed by atoms with Gasteiger partial charge in [0.25, 0.3) is 0 Å². The zero-order valence-corrected chi connectivity index (χ0v) is 6.99. The summed E-state index contributed by atoms with van der Waals surface area (Å²) in [5.74, 6) is -1.18. The van der Waals surface area contributed by atoms with Gasteiger partial charge in [0.1, 0.15) is 6.04 Å². The minimum Gasteiger partial charge on any atom is -0.480 e. The summed E-state index contributed by atoms with van der Waals surface area (Å²) >= 11 is 0. The molecule has 7 heteroatoms. The molecular weight excluding hydrogens is 178 g/mol. The SMILES string of the molecule is NC(CNC(=O)NCCO)C(=O)O. The highest BCUT2D eigenvalue weighted by molar-refractivity contribution is 5.77. The largest absolute Gasteiger partial charge is 0.480 e. The molecule has 0 saturated heterocycles. The number of carbonyl (C=O) groups is 2. The van der Waals surface area contributed by atoms with Crippen molar-refractivity contribution in [3.05, 3.63) is 0 Å². The van der Waals surface area contributed by atoms with Crippen molar-refractivity contribution in [2.45, 2.75) is 6.04 Å². The zero-order chi connectivity index (χ0) is 10.3. The molecule has 0 fully saturated rings. The second-order valence-corrected chi connectivity index (χ2v) is 2.31. The highest BCUT2D eigenvalue weighted by Crippen LogP contribution is 1.75. The van der Waals surface area contributed by atoms with Gasteiger partial charge in [-0.05, 0) is 0 Å². The summed E-state index contributed by atoms with van der Waals surface area (Å²) in [6.07, 6.45) is 0. The number of carboxylic acids is 1. The third-order valence-electron chi connectivity index (χ3n) is 1.20. The Balaban J connectivity index is 3.52. The minimum absolute atomic E-state index is 0.119. The molecule has 0 rings (SSSR count). The van der Waals surface area contributed by atoms with Gasteiger partial charge in [0, 0.05) is 13.1 Å². The van der Waals surface area contributed by atoms with Gasteiger partial charge in [-0.15, -0.1) is 0 Å². The van der Waals surface area contributed by atoms with Crippen molar-refractivity contribution < 1.29 is 19.8 Å². The molecule has 0 aliphatic rings. The Hall–Kier alpha value is -1.34. The smallest absolute Gasteiger partial charge is 0.322 e. The van der Waals surface area contributed by atoms with E-state index in [0.717, 1.165) is 0 Å². The highest BCUT2D eigenvalue weighted by Gasteiger charge is 2.11. The first-order chi connectivity index (χ1) is 6.07. The molecule has 0 aromatic carbocycles. The molecule has 2 amide bonds. The van der Waals surface area contributed by atoms with Crippen molar-refractivity contribution in [3.63, 3.8) is 0 Å². The fraction of sp³-hybridized carbons (Fsp3) is 0.667. The van der Waals surface area contributed by atoms with Crippen LogP contribution in [0.15, 0.2) is 0 Å². The first kappa shape index (κ1) is 11.7. The van der Waals surface area contributed by atoms with Crippen molar-refractivity contribution in [2.24, 2.45) is 5.73 Å². The van der Waals surface area contributed by atoms with Crippen molar-refractivity contribution in [1.29, 1.82) is 0 Å². The van der Waals surface area contributed by atoms with Crippen LogP contribution in [0.4, 0.5) is 4.79 Å². The fourth-order valence-electron chi connectivity index (χ4n) is 0.522. The Morgan fingerprint density at radius 3 is 2.46 bits per heavy atom. The van der Waals surface area contributed by atoms with Crippen LogP contribution < -0.4 is 16.4 Å². The van der Waals surface area contributed by atoms with E-state index in [1.165, 1.54) is 0 Å². The molecule has 0 bridgehead atoms. The summed E-state index contributed by atoms with van der Waals surface area (Å²) < 4.78 is 0. The van der Waals surface area contributed by atoms with Gasteiger partial charge < -0.3 is 26.6 Å². The summed E-state index contributed by atoms with van der Waals surface area (Å²) in [6, 6.07) is -1.66. The van der Waals surface area contributed by atoms with Crippen molar-refractivity contribution in [3.8, 4) is 0 Å². The molecule has 0 radical (unpaired) electrons. The molecule has 0 aromatic heterocycles. The van der Waals surface area contributed by atoms with Crippen LogP contribution in [0, 0.1) is 0 Å². The number of nitrogens with one attached hydrogen (secondary N) is 2. The average Bonchev–Trinajstić information content (AvgIpc) is 2.10. The molecule has 13 heavy (non-hydrogen) atoms. The lowest BCUT2D eigenvalue weighted by Gasteiger charge is -2.08. The summed E-state index contributed by atoms with van der Waals surface area (Å²) in [6.45, 7) is -0.195. The molecule has 0 aliphatic heterocycles. The van der Waals surface area contributed by atoms with Gasteiger partial charge >= 0.3 is 12.0 Å². The van der Waals surface area contributed by atoms with E-state index in [1.54, 1.807) is 0 Å². The predicted octanol–water partition coefficient (Wildman–Crippen LogP) is -2.31. The van der Waals surface area contributed by atoms with Gasteiger partial charge in [-0.3, -0.25) is 4.79 Å². The maximum absolute atomic E-state index is 10.7. The van der Waals surface area contributed by atoms with E-state index in [1.807, 2.05) is 0 Å². The Bertz CT molecular complexity index is 185. The van der Waals surface area contributed by atoms with E-state index in [-0.39, 0.29) is 19.7 Å². The highest BCUT2D eigenvalue weighted by atomic mass is 16.4. The zero-order valence-electron chi connectivity index (χ0n) is 6.99. The fourth-order valence-corrected chi connectivity index (χ4v) is 0.522. The topological polar surface area (TPSA) is 125 Å². The second kappa shape index (κ2) is 6.21. The van der Waals surface area contributed by atoms with E-state index >= 15 is 0 Å². The van der Waals surface area contributed by atoms with Crippen LogP contribution in [0.25, 0.3) is 0 Å². The van der Waals surface area contributed by atoms with Gasteiger partial charge in [0.15, 0.2) is 0 Å². The lowest BCUT2D eigenvalue weighted by molar-refractivity contribution is -0.138. The Labute approximate surface area is 74.9 Å². The van der Waals surface area contributed by atoms with Crippen LogP contribution in [-0.4, -0.2) is 48.0 Å². The number of aliphatic hydroxyl groups is 1. The Morgan fingerprint density at radius 2 is 2.00 bits per heavy atom. The molecule has 0 saturated carbocycles. The minimum atomic E-state index is -1.18. The number of urea groups is 1. The molecular formula is C6H13N3O4. The first-order valence-corrected chi connectivity index (χ1v) is 3.69. The number of amides is 2. The van der Waals surface area contributed by atoms with E-state index in [4.69, 9.17) is 15.9 Å². The van der Waals surface area contributed by atoms with Crippen molar-refractivity contribution in [1.82, 2.24) is 10.6 Å². The normalized spacial score (nSPS) is 11.8. The van der Waals surface area contributed by atoms with Gasteiger partial charge in [0.05, 0.1) is 6.61 Å². The molecule has 1 atom stereocenters. The Morgan fingerprint density at radius 1 is 1.38 bits per heavy atom. The molecule has 6 N–H and O–H groups in total. The van der Waals surface area contributed by atoms with Crippen LogP contribution in [-0.2, 0) is 4.79 Å². The number of hydrogen-bond donors (Lipinski definition) is 5. The van der Waals surface area contributed by atoms with Crippen LogP contribution in [0.3, 0.4) is 0 Å². The Kier molecular flexibility index (Phi) is 5.57. The molecule has 0 heterocycles. The van der Waals surface area contributed by atoms with Crippen molar-refractivity contribution in [2.75, 3.05) is 19.7 Å². The van der Waals surface area contributed by atoms with E-state index in [9.17, 15) is 9.59 Å². The van der Waals surface area contributed by atoms with Gasteiger partial charge in [-0.1, -0.05) is 0 Å². The maximum Gasteiger partial charge on any atom is 0.322 e. The number of carbonyl (C=O) groups excluding carboxylic acids is 1. The van der Waals surface area contributed by atoms with Crippen LogP contribution in [0.5, 0.6) is 0 Å². The molecule has 0 aromatic rings. The number of hydrogen-bond acceptors (Lipinski definition) is 4. The third-order valence-corrected chi connectivity index (χ3v) is 1.20. The van der Waals surface area contributed by atoms with Crippen LogP contribution in [0.2, 0.25) is 0 Å². The maximum atomic E-state index is 10.7. The van der Waals surface area contributed by atoms with Crippen molar-refractivity contribution >= 4 is 12.0 Å². The van der Waals surface area contributed by atoms with Gasteiger partial charge in [-0.25, -0.2) is 4.79 Å². The summed E-state index contributed by atoms with van der Waals surface area (Å²) in [5.41, 5.74) is 5.10. The van der Waals surface area contributed by atoms with Crippen LogP contribution >= 0.6 is 0 Å². The second-order valence-electron chi connectivity index (χ2n) is 2.31. The number of aliphatic hydroxyl groups excluding tert-OH is 1. The standard InChI is InChI=1S/C6H13N3O4/c7-4(5(11)12)3-9-6(13)8-1-2-10/h4,10H,1-3,7H2,(H,11,12)(H2,8,9,13). The first-order valence-electron chi connectivity index (χ1n) is 3.69. The van der Waals surface area contributed by atoms with E-state index in [2.05, 4.69) is 10.6 Å². The quantitative estimate of drug-likeness (QED) is 0.334. The number of nitrogens with two attached hydrogens (primary N) is 1. The average molecular weight is 191 g/mol. The van der Waals surface area contributed by atoms with Gasteiger partial charge in [-0.2, -0.15) is 0 Å². The summed E-state index contributed by atoms with van der Waals surface area (Å²) in [7, 11) is 0. The molecule has 0 spiro atoms. The number of rotatable bonds is 5. The van der Waals surface area contributed by atoms with E-state index < -0.39 is 18.0 Å². The number of aliphatic carboxylic acids is 1. The summed E-state index contributed by atoms with van der Waals surface area (Å²) in [4.78, 5) is 20.9. The van der Waals surface area contributed by atoms with Crippen LogP contribution in [0.1, 0.15) is 0 Å². The lowest BCUT2D eigenvalue weighted by atomic mass is 10.3. The number of carboxylic acid groups (broad SMARTS) is 1. The molecule has 1 unspecified atom stereocenters. The summed E-state index contributed by atoms with van der Waals surface area (Å²) in [5, 5.41) is 21.2.